The standard InChI is InChI=1S/C18H23NS.C2H6/c1-5-16-10-17(18(20)14(4)13(16)3)19-11-15-8-6-12(2)7-9-15;1-2/h6-10,19-20H,5,11H2,1-4H3;1-2H3. The van der Waals surface area contributed by atoms with Crippen molar-refractivity contribution in [3.63, 3.8) is 0 Å². The first-order chi connectivity index (χ1) is 10.5. The summed E-state index contributed by atoms with van der Waals surface area (Å²) in [6, 6.07) is 10.9. The largest absolute Gasteiger partial charge is 0.380 e. The summed E-state index contributed by atoms with van der Waals surface area (Å²) in [5.74, 6) is 0. The molecule has 0 aliphatic rings. The van der Waals surface area contributed by atoms with Gasteiger partial charge in [0.15, 0.2) is 0 Å². The Bertz CT molecular complexity index is 600. The SMILES string of the molecule is CC.CCc1cc(NCc2ccc(C)cc2)c(S)c(C)c1C. The van der Waals surface area contributed by atoms with Gasteiger partial charge in [-0.25, -0.2) is 0 Å². The molecule has 0 saturated heterocycles. The van der Waals surface area contributed by atoms with E-state index in [0.717, 1.165) is 23.5 Å². The lowest BCUT2D eigenvalue weighted by molar-refractivity contribution is 1.05. The van der Waals surface area contributed by atoms with Crippen LogP contribution in [0.2, 0.25) is 0 Å². The van der Waals surface area contributed by atoms with Crippen molar-refractivity contribution in [3.8, 4) is 0 Å². The summed E-state index contributed by atoms with van der Waals surface area (Å²) < 4.78 is 0. The van der Waals surface area contributed by atoms with Crippen LogP contribution in [0.3, 0.4) is 0 Å². The molecule has 2 rings (SSSR count). The Hall–Kier alpha value is -1.41. The lowest BCUT2D eigenvalue weighted by Crippen LogP contribution is -2.03. The molecule has 1 N–H and O–H groups in total. The summed E-state index contributed by atoms with van der Waals surface area (Å²) in [5.41, 5.74) is 7.75. The van der Waals surface area contributed by atoms with Gasteiger partial charge in [0.25, 0.3) is 0 Å². The van der Waals surface area contributed by atoms with E-state index in [1.165, 1.54) is 27.8 Å². The third-order valence-electron chi connectivity index (χ3n) is 3.96. The lowest BCUT2D eigenvalue weighted by atomic mass is 10.00. The predicted molar refractivity (Wildman–Crippen MR) is 102 cm³/mol. The summed E-state index contributed by atoms with van der Waals surface area (Å²) >= 11 is 4.67. The average molecular weight is 316 g/mol. The van der Waals surface area contributed by atoms with Gasteiger partial charge in [-0.05, 0) is 55.5 Å². The third-order valence-corrected chi connectivity index (χ3v) is 4.53. The molecular formula is C20H29NS. The maximum Gasteiger partial charge on any atom is 0.0484 e. The van der Waals surface area contributed by atoms with Gasteiger partial charge >= 0.3 is 0 Å². The third kappa shape index (κ3) is 4.54. The zero-order valence-electron chi connectivity index (χ0n) is 14.7. The van der Waals surface area contributed by atoms with Gasteiger partial charge in [-0.1, -0.05) is 50.6 Å². The van der Waals surface area contributed by atoms with Gasteiger partial charge in [0.05, 0.1) is 0 Å². The van der Waals surface area contributed by atoms with Crippen molar-refractivity contribution >= 4 is 18.3 Å². The number of hydrogen-bond donors (Lipinski definition) is 2. The van der Waals surface area contributed by atoms with E-state index in [-0.39, 0.29) is 0 Å². The van der Waals surface area contributed by atoms with Gasteiger partial charge in [0.2, 0.25) is 0 Å². The van der Waals surface area contributed by atoms with Crippen LogP contribution in [0.1, 0.15) is 48.6 Å². The Balaban J connectivity index is 0.00000116. The Morgan fingerprint density at radius 2 is 1.55 bits per heavy atom. The second kappa shape index (κ2) is 8.89. The molecular weight excluding hydrogens is 286 g/mol. The van der Waals surface area contributed by atoms with E-state index in [9.17, 15) is 0 Å². The highest BCUT2D eigenvalue weighted by Crippen LogP contribution is 2.30. The molecule has 1 nitrogen and oxygen atoms in total. The fourth-order valence-corrected chi connectivity index (χ4v) is 2.69. The first-order valence-corrected chi connectivity index (χ1v) is 8.59. The van der Waals surface area contributed by atoms with Crippen LogP contribution in [0, 0.1) is 20.8 Å². The van der Waals surface area contributed by atoms with Crippen molar-refractivity contribution < 1.29 is 0 Å². The Kier molecular flexibility index (Phi) is 7.53. The van der Waals surface area contributed by atoms with Crippen molar-refractivity contribution in [1.29, 1.82) is 0 Å². The summed E-state index contributed by atoms with van der Waals surface area (Å²) in [5, 5.41) is 3.52. The van der Waals surface area contributed by atoms with Gasteiger partial charge in [-0.3, -0.25) is 0 Å². The second-order valence-electron chi connectivity index (χ2n) is 5.37. The van der Waals surface area contributed by atoms with Gasteiger partial charge in [-0.15, -0.1) is 12.6 Å². The number of aryl methyl sites for hydroxylation is 2. The highest BCUT2D eigenvalue weighted by Gasteiger charge is 2.09. The van der Waals surface area contributed by atoms with Crippen molar-refractivity contribution in [1.82, 2.24) is 0 Å². The van der Waals surface area contributed by atoms with Crippen molar-refractivity contribution in [3.05, 3.63) is 58.1 Å². The Morgan fingerprint density at radius 1 is 0.955 bits per heavy atom. The molecule has 0 aliphatic carbocycles. The molecule has 0 spiro atoms. The fraction of sp³-hybridized carbons (Fsp3) is 0.400. The van der Waals surface area contributed by atoms with E-state index >= 15 is 0 Å². The lowest BCUT2D eigenvalue weighted by Gasteiger charge is -2.16. The van der Waals surface area contributed by atoms with Gasteiger partial charge in [0, 0.05) is 17.1 Å². The summed E-state index contributed by atoms with van der Waals surface area (Å²) in [6.45, 7) is 13.5. The van der Waals surface area contributed by atoms with E-state index in [1.807, 2.05) is 13.8 Å². The molecule has 2 aromatic rings. The molecule has 120 valence electrons. The van der Waals surface area contributed by atoms with Gasteiger partial charge in [-0.2, -0.15) is 0 Å². The minimum absolute atomic E-state index is 0.833. The number of hydrogen-bond acceptors (Lipinski definition) is 2. The number of thiol groups is 1. The zero-order valence-corrected chi connectivity index (χ0v) is 15.6. The number of nitrogens with one attached hydrogen (secondary N) is 1. The van der Waals surface area contributed by atoms with Crippen LogP contribution in [0.15, 0.2) is 35.2 Å². The van der Waals surface area contributed by atoms with Crippen LogP contribution in [0.4, 0.5) is 5.69 Å². The number of anilines is 1. The molecule has 2 aromatic carbocycles. The van der Waals surface area contributed by atoms with E-state index in [1.54, 1.807) is 0 Å². The second-order valence-corrected chi connectivity index (χ2v) is 5.82. The molecule has 0 fully saturated rings. The fourth-order valence-electron chi connectivity index (χ4n) is 2.38. The van der Waals surface area contributed by atoms with Crippen LogP contribution in [-0.4, -0.2) is 0 Å². The van der Waals surface area contributed by atoms with Crippen LogP contribution >= 0.6 is 12.6 Å². The maximum absolute atomic E-state index is 4.67. The van der Waals surface area contributed by atoms with Crippen molar-refractivity contribution in [2.24, 2.45) is 0 Å². The molecule has 0 atom stereocenters. The molecule has 0 unspecified atom stereocenters. The topological polar surface area (TPSA) is 12.0 Å². The molecule has 22 heavy (non-hydrogen) atoms. The highest BCUT2D eigenvalue weighted by atomic mass is 32.1. The number of benzene rings is 2. The molecule has 2 heteroatoms. The molecule has 0 radical (unpaired) electrons. The highest BCUT2D eigenvalue weighted by molar-refractivity contribution is 7.80. The van der Waals surface area contributed by atoms with E-state index < -0.39 is 0 Å². The average Bonchev–Trinajstić information content (AvgIpc) is 2.55. The number of rotatable bonds is 4. The van der Waals surface area contributed by atoms with E-state index in [0.29, 0.717) is 0 Å². The van der Waals surface area contributed by atoms with Crippen molar-refractivity contribution in [2.75, 3.05) is 5.32 Å². The van der Waals surface area contributed by atoms with Crippen molar-refractivity contribution in [2.45, 2.75) is 59.4 Å². The summed E-state index contributed by atoms with van der Waals surface area (Å²) in [7, 11) is 0. The summed E-state index contributed by atoms with van der Waals surface area (Å²) in [6.07, 6.45) is 1.06. The normalized spacial score (nSPS) is 9.95. The zero-order chi connectivity index (χ0) is 16.7. The van der Waals surface area contributed by atoms with Gasteiger partial charge in [0.1, 0.15) is 0 Å². The smallest absolute Gasteiger partial charge is 0.0484 e. The van der Waals surface area contributed by atoms with E-state index in [4.69, 9.17) is 0 Å². The summed E-state index contributed by atoms with van der Waals surface area (Å²) in [4.78, 5) is 1.06. The molecule has 0 heterocycles. The maximum atomic E-state index is 4.67. The minimum atomic E-state index is 0.833. The Morgan fingerprint density at radius 3 is 2.09 bits per heavy atom. The first kappa shape index (κ1) is 18.6. The quantitative estimate of drug-likeness (QED) is 0.649. The molecule has 0 bridgehead atoms. The molecule has 0 amide bonds. The first-order valence-electron chi connectivity index (χ1n) is 8.14. The van der Waals surface area contributed by atoms with Gasteiger partial charge < -0.3 is 5.32 Å². The molecule has 0 aliphatic heterocycles. The van der Waals surface area contributed by atoms with Crippen LogP contribution in [0.25, 0.3) is 0 Å². The van der Waals surface area contributed by atoms with Crippen LogP contribution in [0.5, 0.6) is 0 Å². The minimum Gasteiger partial charge on any atom is -0.380 e. The molecule has 0 saturated carbocycles. The predicted octanol–water partition coefficient (Wildman–Crippen LogP) is 6.10. The van der Waals surface area contributed by atoms with E-state index in [2.05, 4.69) is 76.0 Å². The van der Waals surface area contributed by atoms with Crippen LogP contribution in [-0.2, 0) is 13.0 Å². The Labute approximate surface area is 141 Å². The monoisotopic (exact) mass is 315 g/mol. The van der Waals surface area contributed by atoms with Crippen LogP contribution < -0.4 is 5.32 Å². The molecule has 0 aromatic heterocycles.